The maximum absolute atomic E-state index is 14.4. The normalized spacial score (nSPS) is 16.7. The summed E-state index contributed by atoms with van der Waals surface area (Å²) < 4.78 is 29.8. The number of benzene rings is 2. The first-order chi connectivity index (χ1) is 17.8. The van der Waals surface area contributed by atoms with Gasteiger partial charge < -0.3 is 20.6 Å². The van der Waals surface area contributed by atoms with Gasteiger partial charge in [0, 0.05) is 25.0 Å². The third-order valence-corrected chi connectivity index (χ3v) is 6.63. The number of aromatic nitrogens is 5. The van der Waals surface area contributed by atoms with Crippen LogP contribution in [0.2, 0.25) is 0 Å². The molecule has 1 atom stereocenters. The molecule has 0 unspecified atom stereocenters. The van der Waals surface area contributed by atoms with E-state index in [9.17, 15) is 18.7 Å². The van der Waals surface area contributed by atoms with Crippen LogP contribution in [-0.2, 0) is 16.6 Å². The lowest BCUT2D eigenvalue weighted by Crippen LogP contribution is -2.33. The number of nitrogens with one attached hydrogen (secondary N) is 1. The number of fused-ring (bicyclic) bond motifs is 2. The van der Waals surface area contributed by atoms with Crippen molar-refractivity contribution < 1.29 is 18.7 Å². The standard InChI is InChI=1S/C26H19F2N7O2/c1-26(14-6-7-16(28)19(36)11-14)20-21(29)32-22(33-23(20)34-25(26)37)18-12-35-9-8-30-24(35)17(31-18)10-13-4-2-3-5-15(13)27/h2-9,11-12,36H,10H2,1H3,(H3,29,32,33,34,37)/t26-/m1/s1. The molecule has 184 valence electrons. The number of nitrogens with zero attached hydrogens (tertiary/aromatic N) is 5. The zero-order valence-electron chi connectivity index (χ0n) is 19.4. The Bertz CT molecular complexity index is 1740. The number of hydrogen-bond acceptors (Lipinski definition) is 7. The first-order valence-corrected chi connectivity index (χ1v) is 11.3. The van der Waals surface area contributed by atoms with E-state index >= 15 is 0 Å². The summed E-state index contributed by atoms with van der Waals surface area (Å²) in [6.07, 6.45) is 5.18. The number of nitrogen functional groups attached to an aromatic ring is 1. The summed E-state index contributed by atoms with van der Waals surface area (Å²) in [4.78, 5) is 31.1. The Morgan fingerprint density at radius 3 is 2.70 bits per heavy atom. The maximum Gasteiger partial charge on any atom is 0.240 e. The highest BCUT2D eigenvalue weighted by molar-refractivity contribution is 6.09. The molecule has 1 aliphatic rings. The molecule has 37 heavy (non-hydrogen) atoms. The fourth-order valence-corrected chi connectivity index (χ4v) is 4.67. The molecule has 0 bridgehead atoms. The lowest BCUT2D eigenvalue weighted by atomic mass is 9.77. The number of nitrogens with two attached hydrogens (primary N) is 1. The first kappa shape index (κ1) is 22.5. The SMILES string of the molecule is C[C@]1(c2ccc(F)c(O)c2)C(=O)Nc2nc(-c3cn4ccnc4c(Cc4ccccc4F)n3)nc(N)c21. The first-order valence-electron chi connectivity index (χ1n) is 11.3. The van der Waals surface area contributed by atoms with Crippen molar-refractivity contribution in [2.24, 2.45) is 0 Å². The van der Waals surface area contributed by atoms with E-state index in [1.807, 2.05) is 0 Å². The van der Waals surface area contributed by atoms with E-state index in [1.165, 1.54) is 18.2 Å². The summed E-state index contributed by atoms with van der Waals surface area (Å²) >= 11 is 0. The molecule has 6 rings (SSSR count). The van der Waals surface area contributed by atoms with Crippen molar-refractivity contribution in [3.05, 3.63) is 95.1 Å². The van der Waals surface area contributed by atoms with Gasteiger partial charge in [-0.2, -0.15) is 0 Å². The van der Waals surface area contributed by atoms with E-state index in [0.717, 1.165) is 6.07 Å². The van der Waals surface area contributed by atoms with Crippen molar-refractivity contribution in [1.82, 2.24) is 24.3 Å². The zero-order chi connectivity index (χ0) is 25.9. The summed E-state index contributed by atoms with van der Waals surface area (Å²) in [5, 5.41) is 12.6. The second-order valence-electron chi connectivity index (χ2n) is 8.90. The van der Waals surface area contributed by atoms with Gasteiger partial charge in [-0.25, -0.2) is 28.7 Å². The lowest BCUT2D eigenvalue weighted by Gasteiger charge is -2.23. The topological polar surface area (TPSA) is 131 Å². The van der Waals surface area contributed by atoms with E-state index in [0.29, 0.717) is 33.7 Å². The minimum atomic E-state index is -1.36. The molecule has 0 aliphatic carbocycles. The van der Waals surface area contributed by atoms with Crippen molar-refractivity contribution in [3.8, 4) is 17.3 Å². The number of amides is 1. The molecule has 9 nitrogen and oxygen atoms in total. The number of imidazole rings is 1. The number of hydrogen-bond donors (Lipinski definition) is 3. The molecule has 0 fully saturated rings. The summed E-state index contributed by atoms with van der Waals surface area (Å²) in [5.41, 5.74) is 7.48. The zero-order valence-corrected chi connectivity index (χ0v) is 19.4. The molecule has 11 heteroatoms. The second kappa shape index (κ2) is 8.05. The Morgan fingerprint density at radius 1 is 1.11 bits per heavy atom. The number of rotatable bonds is 4. The molecule has 3 aromatic heterocycles. The van der Waals surface area contributed by atoms with Crippen LogP contribution >= 0.6 is 0 Å². The average Bonchev–Trinajstić information content (AvgIpc) is 3.45. The van der Waals surface area contributed by atoms with Gasteiger partial charge in [-0.3, -0.25) is 4.79 Å². The van der Waals surface area contributed by atoms with Crippen LogP contribution in [0.15, 0.2) is 61.1 Å². The molecular weight excluding hydrogens is 480 g/mol. The van der Waals surface area contributed by atoms with Crippen molar-refractivity contribution in [1.29, 1.82) is 0 Å². The van der Waals surface area contributed by atoms with Gasteiger partial charge in [-0.15, -0.1) is 0 Å². The third-order valence-electron chi connectivity index (χ3n) is 6.63. The maximum atomic E-state index is 14.4. The van der Waals surface area contributed by atoms with Crippen molar-refractivity contribution in [3.63, 3.8) is 0 Å². The number of carbonyl (C=O) groups excluding carboxylic acids is 1. The van der Waals surface area contributed by atoms with Crippen LogP contribution in [0, 0.1) is 11.6 Å². The monoisotopic (exact) mass is 499 g/mol. The van der Waals surface area contributed by atoms with Gasteiger partial charge in [0.1, 0.15) is 28.6 Å². The van der Waals surface area contributed by atoms with Gasteiger partial charge in [0.25, 0.3) is 0 Å². The van der Waals surface area contributed by atoms with Crippen molar-refractivity contribution >= 4 is 23.2 Å². The summed E-state index contributed by atoms with van der Waals surface area (Å²) in [7, 11) is 0. The van der Waals surface area contributed by atoms with Gasteiger partial charge >= 0.3 is 0 Å². The molecule has 1 aliphatic heterocycles. The minimum absolute atomic E-state index is 0.0212. The number of phenols is 1. The average molecular weight is 499 g/mol. The van der Waals surface area contributed by atoms with Crippen LogP contribution < -0.4 is 11.1 Å². The fourth-order valence-electron chi connectivity index (χ4n) is 4.67. The van der Waals surface area contributed by atoms with Gasteiger partial charge in [0.05, 0.1) is 11.3 Å². The van der Waals surface area contributed by atoms with E-state index in [-0.39, 0.29) is 29.7 Å². The molecule has 0 saturated heterocycles. The van der Waals surface area contributed by atoms with E-state index in [1.54, 1.807) is 48.1 Å². The van der Waals surface area contributed by atoms with Gasteiger partial charge in [0.2, 0.25) is 5.91 Å². The highest BCUT2D eigenvalue weighted by atomic mass is 19.1. The van der Waals surface area contributed by atoms with Crippen LogP contribution in [0.3, 0.4) is 0 Å². The van der Waals surface area contributed by atoms with Gasteiger partial charge in [-0.1, -0.05) is 24.3 Å². The van der Waals surface area contributed by atoms with Crippen LogP contribution in [0.4, 0.5) is 20.4 Å². The van der Waals surface area contributed by atoms with Crippen LogP contribution in [-0.4, -0.2) is 35.4 Å². The van der Waals surface area contributed by atoms with Crippen LogP contribution in [0.1, 0.15) is 29.3 Å². The number of aromatic hydroxyl groups is 1. The molecule has 1 amide bonds. The smallest absolute Gasteiger partial charge is 0.240 e. The fraction of sp³-hybridized carbons (Fsp3) is 0.115. The van der Waals surface area contributed by atoms with Crippen molar-refractivity contribution in [2.45, 2.75) is 18.8 Å². The molecule has 4 N–H and O–H groups in total. The Kier molecular flexibility index (Phi) is 4.90. The third kappa shape index (κ3) is 3.46. The summed E-state index contributed by atoms with van der Waals surface area (Å²) in [6.45, 7) is 1.60. The highest BCUT2D eigenvalue weighted by Gasteiger charge is 2.48. The lowest BCUT2D eigenvalue weighted by molar-refractivity contribution is -0.119. The second-order valence-corrected chi connectivity index (χ2v) is 8.90. The largest absolute Gasteiger partial charge is 0.505 e. The van der Waals surface area contributed by atoms with E-state index in [4.69, 9.17) is 5.73 Å². The van der Waals surface area contributed by atoms with E-state index in [2.05, 4.69) is 25.3 Å². The van der Waals surface area contributed by atoms with E-state index < -0.39 is 22.9 Å². The highest BCUT2D eigenvalue weighted by Crippen LogP contribution is 2.45. The van der Waals surface area contributed by atoms with Crippen molar-refractivity contribution in [2.75, 3.05) is 11.1 Å². The van der Waals surface area contributed by atoms with Gasteiger partial charge in [-0.05, 0) is 36.2 Å². The molecule has 2 aromatic carbocycles. The molecule has 0 saturated carbocycles. The summed E-state index contributed by atoms with van der Waals surface area (Å²) in [6, 6.07) is 10.1. The van der Waals surface area contributed by atoms with Crippen LogP contribution in [0.5, 0.6) is 5.75 Å². The predicted octanol–water partition coefficient (Wildman–Crippen LogP) is 3.60. The molecule has 0 radical (unpaired) electrons. The number of phenolic OH excluding ortho intramolecular Hbond substituents is 1. The number of halogens is 2. The predicted molar refractivity (Wildman–Crippen MR) is 131 cm³/mol. The number of anilines is 2. The molecular formula is C26H19F2N7O2. The van der Waals surface area contributed by atoms with Gasteiger partial charge in [0.15, 0.2) is 23.0 Å². The molecule has 0 spiro atoms. The Labute approximate surface area is 208 Å². The summed E-state index contributed by atoms with van der Waals surface area (Å²) in [5.74, 6) is -1.85. The Balaban J connectivity index is 1.47. The van der Waals surface area contributed by atoms with Crippen LogP contribution in [0.25, 0.3) is 17.2 Å². The Hall–Kier alpha value is -4.93. The quantitative estimate of drug-likeness (QED) is 0.344. The number of carbonyl (C=O) groups is 1. The minimum Gasteiger partial charge on any atom is -0.505 e. The Morgan fingerprint density at radius 2 is 1.92 bits per heavy atom. The molecule has 4 heterocycles. The molecule has 5 aromatic rings.